The maximum absolute atomic E-state index is 12.0. The molecule has 2 rings (SSSR count). The summed E-state index contributed by atoms with van der Waals surface area (Å²) in [6.07, 6.45) is 0. The van der Waals surface area contributed by atoms with Gasteiger partial charge in [0, 0.05) is 23.8 Å². The summed E-state index contributed by atoms with van der Waals surface area (Å²) in [5.41, 5.74) is 0.437. The summed E-state index contributed by atoms with van der Waals surface area (Å²) >= 11 is 11.7. The number of amides is 1. The lowest BCUT2D eigenvalue weighted by molar-refractivity contribution is 0.0947. The first-order chi connectivity index (χ1) is 11.5. The predicted octanol–water partition coefficient (Wildman–Crippen LogP) is 3.82. The number of methoxy groups -OCH3 is 2. The van der Waals surface area contributed by atoms with Crippen molar-refractivity contribution in [3.05, 3.63) is 52.0 Å². The highest BCUT2D eigenvalue weighted by Gasteiger charge is 2.08. The molecule has 7 heteroatoms. The van der Waals surface area contributed by atoms with E-state index in [2.05, 4.69) is 5.32 Å². The van der Waals surface area contributed by atoms with Gasteiger partial charge >= 0.3 is 0 Å². The van der Waals surface area contributed by atoms with Crippen molar-refractivity contribution in [1.82, 2.24) is 5.32 Å². The quantitative estimate of drug-likeness (QED) is 0.753. The number of hydrogen-bond acceptors (Lipinski definition) is 4. The third kappa shape index (κ3) is 4.94. The molecule has 1 amide bonds. The molecule has 128 valence electrons. The Morgan fingerprint density at radius 3 is 2.17 bits per heavy atom. The number of nitrogens with one attached hydrogen (secondary N) is 1. The van der Waals surface area contributed by atoms with Crippen LogP contribution in [0.2, 0.25) is 10.0 Å². The fourth-order valence-corrected chi connectivity index (χ4v) is 2.24. The van der Waals surface area contributed by atoms with Crippen molar-refractivity contribution in [2.75, 3.05) is 27.4 Å². The first-order valence-electron chi connectivity index (χ1n) is 7.12. The van der Waals surface area contributed by atoms with Crippen LogP contribution in [0.25, 0.3) is 0 Å². The smallest absolute Gasteiger partial charge is 0.251 e. The Morgan fingerprint density at radius 1 is 0.958 bits per heavy atom. The molecule has 1 N–H and O–H groups in total. The van der Waals surface area contributed by atoms with Gasteiger partial charge in [0.25, 0.3) is 5.91 Å². The van der Waals surface area contributed by atoms with Crippen LogP contribution in [0.4, 0.5) is 0 Å². The second-order valence-corrected chi connectivity index (χ2v) is 5.60. The average Bonchev–Trinajstić information content (AvgIpc) is 2.60. The molecule has 0 aliphatic carbocycles. The van der Waals surface area contributed by atoms with Crippen molar-refractivity contribution in [2.45, 2.75) is 0 Å². The van der Waals surface area contributed by atoms with E-state index in [1.54, 1.807) is 44.6 Å². The Hall–Kier alpha value is -2.11. The van der Waals surface area contributed by atoms with E-state index >= 15 is 0 Å². The van der Waals surface area contributed by atoms with Gasteiger partial charge in [0.1, 0.15) is 23.9 Å². The molecule has 0 fully saturated rings. The van der Waals surface area contributed by atoms with Crippen molar-refractivity contribution in [2.24, 2.45) is 0 Å². The zero-order valence-electron chi connectivity index (χ0n) is 13.3. The molecule has 2 aromatic carbocycles. The maximum atomic E-state index is 12.0. The second kappa shape index (κ2) is 8.66. The van der Waals surface area contributed by atoms with Crippen LogP contribution < -0.4 is 19.5 Å². The molecular formula is C17H17Cl2NO4. The molecule has 0 unspecified atom stereocenters. The van der Waals surface area contributed by atoms with Crippen LogP contribution in [0.3, 0.4) is 0 Å². The van der Waals surface area contributed by atoms with Gasteiger partial charge in [0.05, 0.1) is 30.8 Å². The summed E-state index contributed by atoms with van der Waals surface area (Å²) in [6, 6.07) is 9.94. The number of halogens is 2. The van der Waals surface area contributed by atoms with Crippen molar-refractivity contribution >= 4 is 29.1 Å². The Balaban J connectivity index is 1.86. The van der Waals surface area contributed by atoms with Gasteiger partial charge in [0.2, 0.25) is 0 Å². The van der Waals surface area contributed by atoms with Gasteiger partial charge in [-0.3, -0.25) is 4.79 Å². The van der Waals surface area contributed by atoms with Crippen LogP contribution in [-0.4, -0.2) is 33.3 Å². The fraction of sp³-hybridized carbons (Fsp3) is 0.235. The minimum Gasteiger partial charge on any atom is -0.496 e. The molecule has 0 saturated carbocycles. The molecule has 0 aromatic heterocycles. The average molecular weight is 370 g/mol. The number of rotatable bonds is 7. The topological polar surface area (TPSA) is 56.8 Å². The van der Waals surface area contributed by atoms with E-state index in [4.69, 9.17) is 37.4 Å². The molecular weight excluding hydrogens is 353 g/mol. The third-order valence-corrected chi connectivity index (χ3v) is 3.90. The maximum Gasteiger partial charge on any atom is 0.251 e. The SMILES string of the molecule is COc1cc(OC)cc(OCCNC(=O)c2ccc(Cl)c(Cl)c2)c1. The van der Waals surface area contributed by atoms with E-state index in [1.165, 1.54) is 6.07 Å². The van der Waals surface area contributed by atoms with Gasteiger partial charge in [-0.05, 0) is 18.2 Å². The highest BCUT2D eigenvalue weighted by molar-refractivity contribution is 6.42. The molecule has 0 bridgehead atoms. The molecule has 5 nitrogen and oxygen atoms in total. The summed E-state index contributed by atoms with van der Waals surface area (Å²) in [6.45, 7) is 0.627. The number of carbonyl (C=O) groups is 1. The van der Waals surface area contributed by atoms with Crippen molar-refractivity contribution in [1.29, 1.82) is 0 Å². The molecule has 0 aliphatic rings. The zero-order valence-corrected chi connectivity index (χ0v) is 14.8. The van der Waals surface area contributed by atoms with Crippen molar-refractivity contribution in [3.8, 4) is 17.2 Å². The second-order valence-electron chi connectivity index (χ2n) is 4.78. The molecule has 2 aromatic rings. The molecule has 0 atom stereocenters. The predicted molar refractivity (Wildman–Crippen MR) is 93.8 cm³/mol. The minimum atomic E-state index is -0.250. The lowest BCUT2D eigenvalue weighted by Crippen LogP contribution is -2.28. The molecule has 24 heavy (non-hydrogen) atoms. The lowest BCUT2D eigenvalue weighted by Gasteiger charge is -2.11. The molecule has 0 spiro atoms. The van der Waals surface area contributed by atoms with E-state index in [9.17, 15) is 4.79 Å². The number of ether oxygens (including phenoxy) is 3. The number of benzene rings is 2. The Labute approximate surface area is 150 Å². The van der Waals surface area contributed by atoms with Crippen LogP contribution in [0.5, 0.6) is 17.2 Å². The van der Waals surface area contributed by atoms with Crippen LogP contribution in [-0.2, 0) is 0 Å². The van der Waals surface area contributed by atoms with Crippen molar-refractivity contribution < 1.29 is 19.0 Å². The summed E-state index contributed by atoms with van der Waals surface area (Å²) in [4.78, 5) is 12.0. The monoisotopic (exact) mass is 369 g/mol. The van der Waals surface area contributed by atoms with Gasteiger partial charge in [-0.25, -0.2) is 0 Å². The summed E-state index contributed by atoms with van der Waals surface area (Å²) in [5.74, 6) is 1.60. The molecule has 0 heterocycles. The third-order valence-electron chi connectivity index (χ3n) is 3.16. The molecule has 0 aliphatic heterocycles. The Bertz CT molecular complexity index is 699. The first kappa shape index (κ1) is 18.2. The van der Waals surface area contributed by atoms with E-state index < -0.39 is 0 Å². The molecule has 0 radical (unpaired) electrons. The standard InChI is InChI=1S/C17H17Cl2NO4/c1-22-12-8-13(23-2)10-14(9-12)24-6-5-20-17(21)11-3-4-15(18)16(19)7-11/h3-4,7-10H,5-6H2,1-2H3,(H,20,21). The van der Waals surface area contributed by atoms with E-state index in [-0.39, 0.29) is 5.91 Å². The van der Waals surface area contributed by atoms with Crippen LogP contribution in [0, 0.1) is 0 Å². The normalized spacial score (nSPS) is 10.2. The first-order valence-corrected chi connectivity index (χ1v) is 7.88. The van der Waals surface area contributed by atoms with Gasteiger partial charge in [-0.15, -0.1) is 0 Å². The number of carbonyl (C=O) groups excluding carboxylic acids is 1. The van der Waals surface area contributed by atoms with E-state index in [1.807, 2.05) is 0 Å². The van der Waals surface area contributed by atoms with Crippen molar-refractivity contribution in [3.63, 3.8) is 0 Å². The highest BCUT2D eigenvalue weighted by atomic mass is 35.5. The summed E-state index contributed by atoms with van der Waals surface area (Å²) in [7, 11) is 3.13. The summed E-state index contributed by atoms with van der Waals surface area (Å²) < 4.78 is 15.9. The van der Waals surface area contributed by atoms with Gasteiger partial charge < -0.3 is 19.5 Å². The van der Waals surface area contributed by atoms with Gasteiger partial charge in [0.15, 0.2) is 0 Å². The number of hydrogen-bond donors (Lipinski definition) is 1. The summed E-state index contributed by atoms with van der Waals surface area (Å²) in [5, 5.41) is 3.49. The minimum absolute atomic E-state index is 0.250. The lowest BCUT2D eigenvalue weighted by atomic mass is 10.2. The van der Waals surface area contributed by atoms with Crippen LogP contribution in [0.1, 0.15) is 10.4 Å². The zero-order chi connectivity index (χ0) is 17.5. The van der Waals surface area contributed by atoms with Crippen LogP contribution >= 0.6 is 23.2 Å². The van der Waals surface area contributed by atoms with Gasteiger partial charge in [-0.2, -0.15) is 0 Å². The van der Waals surface area contributed by atoms with E-state index in [0.717, 1.165) is 0 Å². The fourth-order valence-electron chi connectivity index (χ4n) is 1.94. The largest absolute Gasteiger partial charge is 0.496 e. The van der Waals surface area contributed by atoms with Gasteiger partial charge in [-0.1, -0.05) is 23.2 Å². The van der Waals surface area contributed by atoms with Crippen LogP contribution in [0.15, 0.2) is 36.4 Å². The van der Waals surface area contributed by atoms with E-state index in [0.29, 0.717) is 46.0 Å². The molecule has 0 saturated heterocycles. The Morgan fingerprint density at radius 2 is 1.58 bits per heavy atom. The highest BCUT2D eigenvalue weighted by Crippen LogP contribution is 2.27. The Kier molecular flexibility index (Phi) is 6.58.